The summed E-state index contributed by atoms with van der Waals surface area (Å²) in [5.41, 5.74) is 4.63. The summed E-state index contributed by atoms with van der Waals surface area (Å²) >= 11 is 0. The van der Waals surface area contributed by atoms with Gasteiger partial charge in [0.15, 0.2) is 0 Å². The first kappa shape index (κ1) is 14.0. The van der Waals surface area contributed by atoms with Gasteiger partial charge < -0.3 is 4.90 Å². The lowest BCUT2D eigenvalue weighted by Crippen LogP contribution is -2.37. The summed E-state index contributed by atoms with van der Waals surface area (Å²) in [7, 11) is 0. The molecule has 2 aromatic rings. The lowest BCUT2D eigenvalue weighted by atomic mass is 9.83. The summed E-state index contributed by atoms with van der Waals surface area (Å²) in [5, 5.41) is 0. The Hall–Kier alpha value is -1.67. The normalized spacial score (nSPS) is 21.8. The topological polar surface area (TPSA) is 3.24 Å². The molecule has 1 aliphatic heterocycles. The molecule has 0 saturated carbocycles. The Morgan fingerprint density at radius 2 is 1.68 bits per heavy atom. The van der Waals surface area contributed by atoms with Gasteiger partial charge in [0.1, 0.15) is 5.82 Å². The maximum Gasteiger partial charge on any atom is 0.131 e. The van der Waals surface area contributed by atoms with E-state index in [1.54, 1.807) is 12.1 Å². The van der Waals surface area contributed by atoms with Crippen LogP contribution in [-0.4, -0.2) is 24.0 Å². The first-order chi connectivity index (χ1) is 10.8. The monoisotopic (exact) mass is 295 g/mol. The molecular weight excluding hydrogens is 273 g/mol. The van der Waals surface area contributed by atoms with Crippen LogP contribution in [0.15, 0.2) is 42.5 Å². The van der Waals surface area contributed by atoms with Crippen LogP contribution in [0.1, 0.15) is 30.4 Å². The lowest BCUT2D eigenvalue weighted by Gasteiger charge is -2.33. The van der Waals surface area contributed by atoms with E-state index in [1.165, 1.54) is 43.5 Å². The van der Waals surface area contributed by atoms with Crippen molar-refractivity contribution in [1.82, 2.24) is 4.90 Å². The smallest absolute Gasteiger partial charge is 0.131 e. The standard InChI is InChI=1S/C20H22FN/c21-20-9-2-1-7-19(20)18-8-5-6-15-14-16(10-11-17(15)18)22-12-3-4-13-22/h1-2,5-9,16H,3-4,10-14H2/t16-/m0/s1. The van der Waals surface area contributed by atoms with Crippen LogP contribution in [-0.2, 0) is 12.8 Å². The highest BCUT2D eigenvalue weighted by Crippen LogP contribution is 2.34. The third-order valence-electron chi connectivity index (χ3n) is 5.28. The predicted molar refractivity (Wildman–Crippen MR) is 88.5 cm³/mol. The summed E-state index contributed by atoms with van der Waals surface area (Å²) < 4.78 is 14.2. The summed E-state index contributed by atoms with van der Waals surface area (Å²) in [6.07, 6.45) is 6.09. The Morgan fingerprint density at radius 3 is 2.50 bits per heavy atom. The van der Waals surface area contributed by atoms with Gasteiger partial charge in [0.05, 0.1) is 0 Å². The van der Waals surface area contributed by atoms with Gasteiger partial charge in [0.25, 0.3) is 0 Å². The second-order valence-electron chi connectivity index (χ2n) is 6.56. The van der Waals surface area contributed by atoms with Gasteiger partial charge in [-0.05, 0) is 68.0 Å². The van der Waals surface area contributed by atoms with E-state index in [4.69, 9.17) is 0 Å². The number of halogens is 1. The third kappa shape index (κ3) is 2.46. The molecule has 0 bridgehead atoms. The average Bonchev–Trinajstić information content (AvgIpc) is 3.09. The molecule has 0 amide bonds. The molecule has 1 saturated heterocycles. The van der Waals surface area contributed by atoms with E-state index < -0.39 is 0 Å². The molecule has 2 aliphatic rings. The van der Waals surface area contributed by atoms with Crippen LogP contribution in [0.5, 0.6) is 0 Å². The van der Waals surface area contributed by atoms with Crippen molar-refractivity contribution >= 4 is 0 Å². The molecule has 2 aromatic carbocycles. The molecule has 0 radical (unpaired) electrons. The molecule has 0 spiro atoms. The number of hydrogen-bond donors (Lipinski definition) is 0. The van der Waals surface area contributed by atoms with Crippen molar-refractivity contribution in [3.63, 3.8) is 0 Å². The average molecular weight is 295 g/mol. The van der Waals surface area contributed by atoms with Crippen LogP contribution in [0.25, 0.3) is 11.1 Å². The van der Waals surface area contributed by atoms with Crippen molar-refractivity contribution < 1.29 is 4.39 Å². The maximum absolute atomic E-state index is 14.2. The summed E-state index contributed by atoms with van der Waals surface area (Å²) in [4.78, 5) is 2.65. The second kappa shape index (κ2) is 5.85. The van der Waals surface area contributed by atoms with Crippen molar-refractivity contribution in [2.45, 2.75) is 38.1 Å². The zero-order valence-corrected chi connectivity index (χ0v) is 12.9. The minimum atomic E-state index is -0.113. The first-order valence-electron chi connectivity index (χ1n) is 8.42. The highest BCUT2D eigenvalue weighted by molar-refractivity contribution is 5.69. The van der Waals surface area contributed by atoms with E-state index in [1.807, 2.05) is 12.1 Å². The van der Waals surface area contributed by atoms with E-state index in [2.05, 4.69) is 23.1 Å². The van der Waals surface area contributed by atoms with Gasteiger partial charge in [-0.1, -0.05) is 36.4 Å². The minimum Gasteiger partial charge on any atom is -0.300 e. The van der Waals surface area contributed by atoms with Gasteiger partial charge in [-0.15, -0.1) is 0 Å². The predicted octanol–water partition coefficient (Wildman–Crippen LogP) is 4.45. The number of rotatable bonds is 2. The molecule has 22 heavy (non-hydrogen) atoms. The van der Waals surface area contributed by atoms with Crippen LogP contribution in [0, 0.1) is 5.82 Å². The van der Waals surface area contributed by atoms with E-state index >= 15 is 0 Å². The highest BCUT2D eigenvalue weighted by Gasteiger charge is 2.27. The Bertz CT molecular complexity index is 673. The van der Waals surface area contributed by atoms with Crippen LogP contribution in [0.2, 0.25) is 0 Å². The third-order valence-corrected chi connectivity index (χ3v) is 5.28. The largest absolute Gasteiger partial charge is 0.300 e. The van der Waals surface area contributed by atoms with Crippen molar-refractivity contribution in [2.24, 2.45) is 0 Å². The van der Waals surface area contributed by atoms with E-state index in [0.29, 0.717) is 6.04 Å². The molecule has 114 valence electrons. The number of likely N-dealkylation sites (tertiary alicyclic amines) is 1. The number of hydrogen-bond acceptors (Lipinski definition) is 1. The fraction of sp³-hybridized carbons (Fsp3) is 0.400. The number of benzene rings is 2. The molecule has 0 unspecified atom stereocenters. The SMILES string of the molecule is Fc1ccccc1-c1cccc2c1CC[C@H](N1CCCC1)C2. The van der Waals surface area contributed by atoms with Crippen molar-refractivity contribution in [2.75, 3.05) is 13.1 Å². The fourth-order valence-electron chi connectivity index (χ4n) is 4.14. The van der Waals surface area contributed by atoms with Crippen LogP contribution < -0.4 is 0 Å². The van der Waals surface area contributed by atoms with Gasteiger partial charge in [-0.2, -0.15) is 0 Å². The molecule has 1 aliphatic carbocycles. The number of nitrogens with zero attached hydrogens (tertiary/aromatic N) is 1. The Morgan fingerprint density at radius 1 is 0.909 bits per heavy atom. The maximum atomic E-state index is 14.2. The van der Waals surface area contributed by atoms with Gasteiger partial charge in [-0.3, -0.25) is 0 Å². The van der Waals surface area contributed by atoms with Crippen molar-refractivity contribution in [3.05, 3.63) is 59.4 Å². The zero-order chi connectivity index (χ0) is 14.9. The van der Waals surface area contributed by atoms with E-state index in [0.717, 1.165) is 24.0 Å². The molecule has 4 rings (SSSR count). The quantitative estimate of drug-likeness (QED) is 0.791. The van der Waals surface area contributed by atoms with Crippen LogP contribution in [0.3, 0.4) is 0 Å². The highest BCUT2D eigenvalue weighted by atomic mass is 19.1. The second-order valence-corrected chi connectivity index (χ2v) is 6.56. The van der Waals surface area contributed by atoms with Crippen molar-refractivity contribution in [1.29, 1.82) is 0 Å². The molecule has 0 N–H and O–H groups in total. The molecular formula is C20H22FN. The fourth-order valence-corrected chi connectivity index (χ4v) is 4.14. The molecule has 1 atom stereocenters. The molecule has 1 fully saturated rings. The lowest BCUT2D eigenvalue weighted by molar-refractivity contribution is 0.222. The Labute approximate surface area is 131 Å². The van der Waals surface area contributed by atoms with E-state index in [9.17, 15) is 4.39 Å². The molecule has 2 heteroatoms. The van der Waals surface area contributed by atoms with Gasteiger partial charge in [0.2, 0.25) is 0 Å². The Kier molecular flexibility index (Phi) is 3.71. The zero-order valence-electron chi connectivity index (χ0n) is 12.9. The summed E-state index contributed by atoms with van der Waals surface area (Å²) in [6.45, 7) is 2.51. The molecule has 1 nitrogen and oxygen atoms in total. The molecule has 0 aromatic heterocycles. The number of fused-ring (bicyclic) bond motifs is 1. The van der Waals surface area contributed by atoms with Crippen molar-refractivity contribution in [3.8, 4) is 11.1 Å². The van der Waals surface area contributed by atoms with E-state index in [-0.39, 0.29) is 5.82 Å². The van der Waals surface area contributed by atoms with Crippen LogP contribution >= 0.6 is 0 Å². The van der Waals surface area contributed by atoms with Gasteiger partial charge >= 0.3 is 0 Å². The summed E-state index contributed by atoms with van der Waals surface area (Å²) in [6, 6.07) is 14.2. The van der Waals surface area contributed by atoms with Crippen LogP contribution in [0.4, 0.5) is 4.39 Å². The first-order valence-corrected chi connectivity index (χ1v) is 8.42. The van der Waals surface area contributed by atoms with Gasteiger partial charge in [-0.25, -0.2) is 4.39 Å². The van der Waals surface area contributed by atoms with Gasteiger partial charge in [0, 0.05) is 11.6 Å². The summed E-state index contributed by atoms with van der Waals surface area (Å²) in [5.74, 6) is -0.113. The molecule has 1 heterocycles. The minimum absolute atomic E-state index is 0.113. The Balaban J connectivity index is 1.68.